The molecule has 5 rings (SSSR count). The van der Waals surface area contributed by atoms with Gasteiger partial charge in [-0.15, -0.1) is 11.3 Å². The van der Waals surface area contributed by atoms with Crippen molar-refractivity contribution in [1.82, 2.24) is 0 Å². The molecule has 0 aliphatic carbocycles. The number of hydrogen-bond donors (Lipinski definition) is 0. The van der Waals surface area contributed by atoms with Gasteiger partial charge in [0.2, 0.25) is 0 Å². The lowest BCUT2D eigenvalue weighted by atomic mass is 9.96. The van der Waals surface area contributed by atoms with Crippen molar-refractivity contribution in [3.05, 3.63) is 72.3 Å². The van der Waals surface area contributed by atoms with Gasteiger partial charge in [-0.25, -0.2) is 0 Å². The van der Waals surface area contributed by atoms with E-state index >= 15 is 0 Å². The quantitative estimate of drug-likeness (QED) is 0.280. The van der Waals surface area contributed by atoms with Crippen LogP contribution in [-0.2, 0) is 0 Å². The smallest absolute Gasteiger partial charge is 0.0440 e. The topological polar surface area (TPSA) is 0 Å². The maximum absolute atomic E-state index is 2.27. The number of benzene rings is 4. The maximum atomic E-state index is 2.27. The Kier molecular flexibility index (Phi) is 2.39. The third kappa shape index (κ3) is 1.47. The average Bonchev–Trinajstić information content (AvgIpc) is 2.96. The maximum Gasteiger partial charge on any atom is 0.0440 e. The molecule has 0 saturated carbocycles. The molecule has 104 valence electrons. The zero-order valence-electron chi connectivity index (χ0n) is 12.3. The number of rotatable bonds is 0. The lowest BCUT2D eigenvalue weighted by molar-refractivity contribution is 1.56. The van der Waals surface area contributed by atoms with E-state index < -0.39 is 0 Å². The molecule has 0 aliphatic rings. The Morgan fingerprint density at radius 2 is 1.23 bits per heavy atom. The second-order valence-corrected chi connectivity index (χ2v) is 6.90. The predicted octanol–water partition coefficient (Wildman–Crippen LogP) is 6.67. The van der Waals surface area contributed by atoms with Crippen molar-refractivity contribution in [2.24, 2.45) is 0 Å². The van der Waals surface area contributed by atoms with E-state index in [0.717, 1.165) is 0 Å². The van der Waals surface area contributed by atoms with Crippen LogP contribution >= 0.6 is 11.3 Å². The van der Waals surface area contributed by atoms with Crippen LogP contribution in [0.4, 0.5) is 0 Å². The van der Waals surface area contributed by atoms with Gasteiger partial charge in [0.05, 0.1) is 0 Å². The Labute approximate surface area is 132 Å². The molecule has 0 aliphatic heterocycles. The fourth-order valence-electron chi connectivity index (χ4n) is 3.62. The van der Waals surface area contributed by atoms with Gasteiger partial charge in [-0.3, -0.25) is 0 Å². The third-order valence-corrected chi connectivity index (χ3v) is 5.77. The first kappa shape index (κ1) is 12.2. The summed E-state index contributed by atoms with van der Waals surface area (Å²) in [5.74, 6) is 0. The summed E-state index contributed by atoms with van der Waals surface area (Å²) < 4.78 is 2.80. The normalized spacial score (nSPS) is 11.9. The molecule has 22 heavy (non-hydrogen) atoms. The van der Waals surface area contributed by atoms with Gasteiger partial charge in [0.15, 0.2) is 0 Å². The number of aryl methyl sites for hydroxylation is 1. The summed E-state index contributed by atoms with van der Waals surface area (Å²) in [5, 5.41) is 8.30. The molecule has 1 heterocycles. The van der Waals surface area contributed by atoms with Gasteiger partial charge in [0, 0.05) is 25.6 Å². The van der Waals surface area contributed by atoms with E-state index in [-0.39, 0.29) is 0 Å². The van der Waals surface area contributed by atoms with Crippen molar-refractivity contribution in [2.75, 3.05) is 0 Å². The highest BCUT2D eigenvalue weighted by Crippen LogP contribution is 2.44. The highest BCUT2D eigenvalue weighted by atomic mass is 32.1. The van der Waals surface area contributed by atoms with Crippen molar-refractivity contribution in [1.29, 1.82) is 0 Å². The Hall–Kier alpha value is -2.38. The molecular formula is C21H14S. The number of fused-ring (bicyclic) bond motifs is 8. The van der Waals surface area contributed by atoms with Crippen LogP contribution in [0.1, 0.15) is 5.56 Å². The summed E-state index contributed by atoms with van der Waals surface area (Å²) in [4.78, 5) is 0. The molecule has 0 bridgehead atoms. The number of hydrogen-bond acceptors (Lipinski definition) is 1. The molecule has 0 fully saturated rings. The van der Waals surface area contributed by atoms with Crippen LogP contribution in [0.15, 0.2) is 66.7 Å². The summed E-state index contributed by atoms with van der Waals surface area (Å²) in [6.45, 7) is 2.22. The first-order valence-corrected chi connectivity index (χ1v) is 8.37. The lowest BCUT2D eigenvalue weighted by Crippen LogP contribution is -1.80. The molecule has 0 atom stereocenters. The first-order chi connectivity index (χ1) is 10.8. The van der Waals surface area contributed by atoms with Crippen LogP contribution in [0.2, 0.25) is 0 Å². The van der Waals surface area contributed by atoms with E-state index in [1.807, 2.05) is 11.3 Å². The first-order valence-electron chi connectivity index (χ1n) is 7.56. The van der Waals surface area contributed by atoms with Gasteiger partial charge in [-0.2, -0.15) is 0 Å². The van der Waals surface area contributed by atoms with Crippen molar-refractivity contribution in [3.8, 4) is 0 Å². The zero-order valence-corrected chi connectivity index (χ0v) is 13.1. The molecule has 0 amide bonds. The highest BCUT2D eigenvalue weighted by molar-refractivity contribution is 7.27. The molecule has 0 saturated heterocycles. The van der Waals surface area contributed by atoms with E-state index in [1.165, 1.54) is 47.3 Å². The molecule has 0 spiro atoms. The van der Waals surface area contributed by atoms with Gasteiger partial charge in [0.1, 0.15) is 0 Å². The fourth-order valence-corrected chi connectivity index (χ4v) is 4.95. The van der Waals surface area contributed by atoms with Crippen molar-refractivity contribution < 1.29 is 0 Å². The Morgan fingerprint density at radius 3 is 2.00 bits per heavy atom. The summed E-state index contributed by atoms with van der Waals surface area (Å²) in [6, 6.07) is 24.2. The molecule has 5 aromatic rings. The molecule has 0 unspecified atom stereocenters. The van der Waals surface area contributed by atoms with E-state index in [4.69, 9.17) is 0 Å². The largest absolute Gasteiger partial charge is 0.134 e. The average molecular weight is 298 g/mol. The van der Waals surface area contributed by atoms with Gasteiger partial charge in [0.25, 0.3) is 0 Å². The van der Waals surface area contributed by atoms with Crippen LogP contribution in [-0.4, -0.2) is 0 Å². The van der Waals surface area contributed by atoms with Gasteiger partial charge >= 0.3 is 0 Å². The van der Waals surface area contributed by atoms with E-state index in [0.29, 0.717) is 0 Å². The minimum absolute atomic E-state index is 1.36. The monoisotopic (exact) mass is 298 g/mol. The second kappa shape index (κ2) is 4.31. The molecule has 4 aromatic carbocycles. The summed E-state index contributed by atoms with van der Waals surface area (Å²) in [5.41, 5.74) is 1.36. The van der Waals surface area contributed by atoms with Crippen molar-refractivity contribution in [2.45, 2.75) is 6.92 Å². The minimum Gasteiger partial charge on any atom is -0.134 e. The third-order valence-electron chi connectivity index (χ3n) is 4.58. The van der Waals surface area contributed by atoms with E-state index in [1.54, 1.807) is 0 Å². The van der Waals surface area contributed by atoms with E-state index in [9.17, 15) is 0 Å². The van der Waals surface area contributed by atoms with Crippen LogP contribution in [0.5, 0.6) is 0 Å². The van der Waals surface area contributed by atoms with Crippen molar-refractivity contribution >= 4 is 53.1 Å². The fraction of sp³-hybridized carbons (Fsp3) is 0.0476. The molecule has 1 aromatic heterocycles. The highest BCUT2D eigenvalue weighted by Gasteiger charge is 2.14. The zero-order chi connectivity index (χ0) is 14.7. The molecular weight excluding hydrogens is 284 g/mol. The summed E-state index contributed by atoms with van der Waals surface area (Å²) >= 11 is 1.92. The summed E-state index contributed by atoms with van der Waals surface area (Å²) in [6.07, 6.45) is 0. The van der Waals surface area contributed by atoms with Crippen molar-refractivity contribution in [3.63, 3.8) is 0 Å². The Balaban J connectivity index is 2.26. The lowest BCUT2D eigenvalue weighted by Gasteiger charge is -2.07. The van der Waals surface area contributed by atoms with Gasteiger partial charge in [-0.05, 0) is 34.7 Å². The van der Waals surface area contributed by atoms with Crippen LogP contribution in [0, 0.1) is 6.92 Å². The molecule has 0 radical (unpaired) electrons. The Morgan fingerprint density at radius 1 is 0.591 bits per heavy atom. The number of thiophene rings is 1. The molecule has 0 nitrogen and oxygen atoms in total. The Bertz CT molecular complexity index is 1180. The summed E-state index contributed by atoms with van der Waals surface area (Å²) in [7, 11) is 0. The second-order valence-electron chi connectivity index (χ2n) is 5.85. The van der Waals surface area contributed by atoms with Crippen LogP contribution < -0.4 is 0 Å². The van der Waals surface area contributed by atoms with E-state index in [2.05, 4.69) is 73.7 Å². The SMILES string of the molecule is Cc1cccc2sc3c4ccccc4c4ccccc4c3c12. The van der Waals surface area contributed by atoms with Gasteiger partial charge < -0.3 is 0 Å². The molecule has 0 N–H and O–H groups in total. The van der Waals surface area contributed by atoms with Gasteiger partial charge in [-0.1, -0.05) is 60.7 Å². The standard InChI is InChI=1S/C21H14S/c1-13-7-6-12-18-19(13)20-16-10-4-2-8-14(16)15-9-3-5-11-17(15)21(20)22-18/h2-12H,1H3. The molecule has 1 heteroatoms. The predicted molar refractivity (Wildman–Crippen MR) is 99.1 cm³/mol. The van der Waals surface area contributed by atoms with Crippen LogP contribution in [0.3, 0.4) is 0 Å². The minimum atomic E-state index is 1.36. The van der Waals surface area contributed by atoms with Crippen LogP contribution in [0.25, 0.3) is 41.7 Å².